The molecule has 1 aromatic heterocycles. The average Bonchev–Trinajstić information content (AvgIpc) is 3.35. The van der Waals surface area contributed by atoms with E-state index in [1.807, 2.05) is 0 Å². The van der Waals surface area contributed by atoms with E-state index < -0.39 is 22.6 Å². The molecule has 3 rings (SSSR count). The Labute approximate surface area is 140 Å². The van der Waals surface area contributed by atoms with Gasteiger partial charge in [-0.25, -0.2) is 13.0 Å². The van der Waals surface area contributed by atoms with Gasteiger partial charge < -0.3 is 10.0 Å². The van der Waals surface area contributed by atoms with Crippen molar-refractivity contribution in [1.29, 1.82) is 0 Å². The van der Waals surface area contributed by atoms with Crippen LogP contribution in [0.2, 0.25) is 0 Å². The summed E-state index contributed by atoms with van der Waals surface area (Å²) in [5.41, 5.74) is 0.666. The highest BCUT2D eigenvalue weighted by molar-refractivity contribution is 7.87. The number of nitrogens with zero attached hydrogens (tertiary/aromatic N) is 1. The second-order valence-electron chi connectivity index (χ2n) is 5.80. The predicted octanol–water partition coefficient (Wildman–Crippen LogP) is 2.95. The zero-order chi connectivity index (χ0) is 17.4. The van der Waals surface area contributed by atoms with Gasteiger partial charge in [0.05, 0.1) is 16.6 Å². The van der Waals surface area contributed by atoms with Crippen LogP contribution in [-0.2, 0) is 18.0 Å². The van der Waals surface area contributed by atoms with E-state index >= 15 is 0 Å². The van der Waals surface area contributed by atoms with Crippen LogP contribution in [0, 0.1) is 18.6 Å². The normalized spacial score (nSPS) is 15.2. The molecule has 2 aromatic rings. The van der Waals surface area contributed by atoms with Gasteiger partial charge >= 0.3 is 0 Å². The second-order valence-corrected chi connectivity index (χ2v) is 7.27. The topological polar surface area (TPSA) is 63.1 Å². The van der Waals surface area contributed by atoms with Crippen molar-refractivity contribution in [1.82, 2.24) is 4.57 Å². The number of benzene rings is 1. The van der Waals surface area contributed by atoms with E-state index in [1.165, 1.54) is 17.7 Å². The quantitative estimate of drug-likeness (QED) is 0.869. The van der Waals surface area contributed by atoms with Crippen molar-refractivity contribution < 1.29 is 13.0 Å². The first-order valence-electron chi connectivity index (χ1n) is 7.46. The zero-order valence-corrected chi connectivity index (χ0v) is 14.0. The summed E-state index contributed by atoms with van der Waals surface area (Å²) in [7, 11) is 0.261. The molecule has 5 nitrogen and oxygen atoms in total. The van der Waals surface area contributed by atoms with E-state index in [9.17, 15) is 17.8 Å². The summed E-state index contributed by atoms with van der Waals surface area (Å²) in [5, 5.41) is 2.89. The summed E-state index contributed by atoms with van der Waals surface area (Å²) in [6, 6.07) is 4.69. The summed E-state index contributed by atoms with van der Waals surface area (Å²) >= 11 is 0. The van der Waals surface area contributed by atoms with Crippen LogP contribution in [0.25, 0.3) is 0 Å². The lowest BCUT2D eigenvalue weighted by Gasteiger charge is -2.18. The van der Waals surface area contributed by atoms with Crippen molar-refractivity contribution in [2.75, 3.05) is 10.0 Å². The summed E-state index contributed by atoms with van der Waals surface area (Å²) in [4.78, 5) is 12.2. The molecule has 0 amide bonds. The van der Waals surface area contributed by atoms with Crippen LogP contribution in [0.15, 0.2) is 29.1 Å². The van der Waals surface area contributed by atoms with Gasteiger partial charge in [-0.3, -0.25) is 9.36 Å². The maximum Gasteiger partial charge on any atom is 0.254 e. The molecule has 24 heavy (non-hydrogen) atoms. The molecule has 0 aliphatic heterocycles. The maximum atomic E-state index is 13.9. The van der Waals surface area contributed by atoms with Crippen LogP contribution in [0.1, 0.15) is 18.4 Å². The highest BCUT2D eigenvalue weighted by Crippen LogP contribution is 2.31. The van der Waals surface area contributed by atoms with Gasteiger partial charge in [0, 0.05) is 18.7 Å². The van der Waals surface area contributed by atoms with Gasteiger partial charge in [-0.2, -0.15) is 0 Å². The Balaban J connectivity index is 2.02. The molecule has 2 N–H and O–H groups in total. The smallest absolute Gasteiger partial charge is 0.254 e. The first-order chi connectivity index (χ1) is 11.4. The van der Waals surface area contributed by atoms with E-state index in [0.717, 1.165) is 25.0 Å². The molecule has 1 unspecified atom stereocenters. The molecular weight excluding hydrogens is 336 g/mol. The van der Waals surface area contributed by atoms with E-state index in [1.54, 1.807) is 13.0 Å². The highest BCUT2D eigenvalue weighted by atomic mass is 32.2. The highest BCUT2D eigenvalue weighted by Gasteiger charge is 2.29. The minimum Gasteiger partial charge on any atom is -0.337 e. The lowest BCUT2D eigenvalue weighted by molar-refractivity contribution is 0.586. The molecular formula is C16H17F2N3O2S. The Morgan fingerprint density at radius 3 is 2.54 bits per heavy atom. The van der Waals surface area contributed by atoms with Crippen LogP contribution < -0.4 is 15.6 Å². The third-order valence-electron chi connectivity index (χ3n) is 3.82. The molecule has 1 aromatic carbocycles. The summed E-state index contributed by atoms with van der Waals surface area (Å²) in [5.74, 6) is -1.20. The average molecular weight is 353 g/mol. The van der Waals surface area contributed by atoms with Crippen molar-refractivity contribution in [3.05, 3.63) is 51.8 Å². The van der Waals surface area contributed by atoms with Gasteiger partial charge in [0.1, 0.15) is 28.4 Å². The number of rotatable bonds is 5. The monoisotopic (exact) mass is 353 g/mol. The molecule has 8 heteroatoms. The largest absolute Gasteiger partial charge is 0.337 e. The molecule has 1 fully saturated rings. The number of aryl methyl sites for hydroxylation is 1. The van der Waals surface area contributed by atoms with E-state index in [2.05, 4.69) is 10.0 Å². The van der Waals surface area contributed by atoms with Crippen LogP contribution >= 0.6 is 0 Å². The molecule has 1 saturated carbocycles. The van der Waals surface area contributed by atoms with E-state index in [0.29, 0.717) is 11.3 Å². The Morgan fingerprint density at radius 1 is 1.21 bits per heavy atom. The van der Waals surface area contributed by atoms with Crippen LogP contribution in [-0.4, -0.2) is 14.0 Å². The lowest BCUT2D eigenvalue weighted by atomic mass is 10.2. The van der Waals surface area contributed by atoms with Crippen LogP contribution in [0.4, 0.5) is 26.0 Å². The molecule has 1 aliphatic rings. The minimum absolute atomic E-state index is 0.0236. The minimum atomic E-state index is -1.27. The molecule has 1 aliphatic carbocycles. The van der Waals surface area contributed by atoms with Crippen molar-refractivity contribution >= 4 is 28.2 Å². The molecule has 0 saturated heterocycles. The fourth-order valence-corrected chi connectivity index (χ4v) is 3.42. The summed E-state index contributed by atoms with van der Waals surface area (Å²) in [6.45, 7) is 1.65. The fourth-order valence-electron chi connectivity index (χ4n) is 2.31. The first-order valence-corrected chi connectivity index (χ1v) is 8.68. The van der Waals surface area contributed by atoms with Gasteiger partial charge in [0.25, 0.3) is 5.56 Å². The number of nitrogens with one attached hydrogen (secondary N) is 2. The van der Waals surface area contributed by atoms with Crippen molar-refractivity contribution in [3.63, 3.8) is 0 Å². The standard InChI is InChI=1S/C16H17F2N3O2S/c1-9-7-14(20-24(23)11-4-5-11)15(21(2)16(9)22)19-13-6-3-10(17)8-12(13)18/h3,6-8,11,19-20H,4-5H2,1-2H3. The predicted molar refractivity (Wildman–Crippen MR) is 90.8 cm³/mol. The molecule has 0 bridgehead atoms. The third kappa shape index (κ3) is 3.33. The Bertz CT molecular complexity index is 878. The van der Waals surface area contributed by atoms with Crippen molar-refractivity contribution in [2.45, 2.75) is 25.0 Å². The van der Waals surface area contributed by atoms with Crippen LogP contribution in [0.3, 0.4) is 0 Å². The summed E-state index contributed by atoms with van der Waals surface area (Å²) in [6.07, 6.45) is 1.78. The van der Waals surface area contributed by atoms with Gasteiger partial charge in [-0.15, -0.1) is 0 Å². The van der Waals surface area contributed by atoms with Gasteiger partial charge in [0.15, 0.2) is 0 Å². The number of halogens is 2. The number of anilines is 3. The van der Waals surface area contributed by atoms with Crippen LogP contribution in [0.5, 0.6) is 0 Å². The van der Waals surface area contributed by atoms with E-state index in [4.69, 9.17) is 0 Å². The van der Waals surface area contributed by atoms with Gasteiger partial charge in [-0.1, -0.05) is 0 Å². The second kappa shape index (κ2) is 6.35. The fraction of sp³-hybridized carbons (Fsp3) is 0.312. The van der Waals surface area contributed by atoms with Gasteiger partial charge in [-0.05, 0) is 38.0 Å². The number of hydrogen-bond acceptors (Lipinski definition) is 3. The molecule has 0 radical (unpaired) electrons. The first kappa shape index (κ1) is 16.6. The molecule has 128 valence electrons. The zero-order valence-electron chi connectivity index (χ0n) is 13.2. The number of hydrogen-bond donors (Lipinski definition) is 2. The lowest BCUT2D eigenvalue weighted by Crippen LogP contribution is -2.24. The number of pyridine rings is 1. The maximum absolute atomic E-state index is 13.9. The molecule has 0 spiro atoms. The van der Waals surface area contributed by atoms with Gasteiger partial charge in [0.2, 0.25) is 0 Å². The third-order valence-corrected chi connectivity index (χ3v) is 5.31. The SMILES string of the molecule is Cc1cc(NS(=O)C2CC2)c(Nc2ccc(F)cc2F)n(C)c1=O. The Morgan fingerprint density at radius 2 is 1.92 bits per heavy atom. The Kier molecular flexibility index (Phi) is 4.40. The van der Waals surface area contributed by atoms with Crippen molar-refractivity contribution in [3.8, 4) is 0 Å². The Hall–Kier alpha value is -2.22. The summed E-state index contributed by atoms with van der Waals surface area (Å²) < 4.78 is 43.3. The molecule has 1 heterocycles. The molecule has 1 atom stereocenters. The van der Waals surface area contributed by atoms with E-state index in [-0.39, 0.29) is 22.3 Å². The number of aromatic nitrogens is 1. The van der Waals surface area contributed by atoms with Crippen molar-refractivity contribution in [2.24, 2.45) is 7.05 Å².